The molecule has 4 heterocycles. The number of aliphatic hydroxyl groups excluding tert-OH is 1. The van der Waals surface area contributed by atoms with Crippen LogP contribution in [0.3, 0.4) is 0 Å². The Hall–Kier alpha value is -2.07. The number of ether oxygens (including phenoxy) is 5. The van der Waals surface area contributed by atoms with E-state index in [-0.39, 0.29) is 30.7 Å². The minimum absolute atomic E-state index is 0.110. The Labute approximate surface area is 269 Å². The number of methoxy groups -OCH3 is 1. The van der Waals surface area contributed by atoms with E-state index in [1.165, 1.54) is 5.57 Å². The Bertz CT molecular complexity index is 1260. The molecular formula is C37H54O8. The summed E-state index contributed by atoms with van der Waals surface area (Å²) < 4.78 is 31.8. The van der Waals surface area contributed by atoms with Crippen LogP contribution < -0.4 is 0 Å². The van der Waals surface area contributed by atoms with E-state index in [0.717, 1.165) is 17.6 Å². The quantitative estimate of drug-likeness (QED) is 0.302. The molecule has 5 rings (SSSR count). The number of fused-ring (bicyclic) bond motifs is 2. The van der Waals surface area contributed by atoms with Crippen molar-refractivity contribution in [2.45, 2.75) is 129 Å². The highest BCUT2D eigenvalue weighted by Crippen LogP contribution is 2.48. The van der Waals surface area contributed by atoms with Gasteiger partial charge in [-0.15, -0.1) is 0 Å². The fourth-order valence-electron chi connectivity index (χ4n) is 8.14. The van der Waals surface area contributed by atoms with E-state index in [9.17, 15) is 15.0 Å². The lowest BCUT2D eigenvalue weighted by molar-refractivity contribution is -0.342. The molecule has 0 amide bonds. The molecular weight excluding hydrogens is 572 g/mol. The molecule has 3 saturated heterocycles. The summed E-state index contributed by atoms with van der Waals surface area (Å²) >= 11 is 0. The normalized spacial score (nSPS) is 46.0. The van der Waals surface area contributed by atoms with Gasteiger partial charge in [-0.2, -0.15) is 0 Å². The molecule has 1 spiro atoms. The van der Waals surface area contributed by atoms with Crippen LogP contribution in [0.15, 0.2) is 58.7 Å². The van der Waals surface area contributed by atoms with Gasteiger partial charge in [-0.1, -0.05) is 69.7 Å². The molecule has 5 aliphatic rings. The lowest BCUT2D eigenvalue weighted by Gasteiger charge is -2.51. The Morgan fingerprint density at radius 2 is 1.91 bits per heavy atom. The van der Waals surface area contributed by atoms with Crippen molar-refractivity contribution in [2.75, 3.05) is 13.7 Å². The van der Waals surface area contributed by atoms with Crippen LogP contribution in [0.5, 0.6) is 0 Å². The molecule has 2 N–H and O–H groups in total. The topological polar surface area (TPSA) is 104 Å². The van der Waals surface area contributed by atoms with Crippen LogP contribution in [0.25, 0.3) is 0 Å². The first-order valence-electron chi connectivity index (χ1n) is 16.8. The van der Waals surface area contributed by atoms with E-state index < -0.39 is 47.7 Å². The highest BCUT2D eigenvalue weighted by Gasteiger charge is 2.60. The van der Waals surface area contributed by atoms with Gasteiger partial charge in [-0.05, 0) is 62.2 Å². The summed E-state index contributed by atoms with van der Waals surface area (Å²) in [6, 6.07) is 0. The molecule has 11 atom stereocenters. The molecule has 0 aromatic rings. The van der Waals surface area contributed by atoms with Gasteiger partial charge in [-0.3, -0.25) is 4.79 Å². The Balaban J connectivity index is 1.53. The third kappa shape index (κ3) is 6.97. The van der Waals surface area contributed by atoms with Crippen LogP contribution in [-0.2, 0) is 28.5 Å². The van der Waals surface area contributed by atoms with Gasteiger partial charge in [0.2, 0.25) is 0 Å². The number of carbonyl (C=O) groups excluding carboxylic acids is 1. The summed E-state index contributed by atoms with van der Waals surface area (Å²) in [7, 11) is 1.59. The zero-order valence-electron chi connectivity index (χ0n) is 28.3. The second kappa shape index (κ2) is 13.6. The maximum Gasteiger partial charge on any atom is 0.316 e. The summed E-state index contributed by atoms with van der Waals surface area (Å²) in [6.45, 7) is 14.7. The average molecular weight is 627 g/mol. The fraction of sp³-hybridized carbons (Fsp3) is 0.703. The first-order valence-corrected chi connectivity index (χ1v) is 16.8. The summed E-state index contributed by atoms with van der Waals surface area (Å²) in [5, 5.41) is 23.7. The fourth-order valence-corrected chi connectivity index (χ4v) is 8.14. The molecule has 2 bridgehead atoms. The van der Waals surface area contributed by atoms with Crippen molar-refractivity contribution >= 4 is 5.97 Å². The minimum Gasteiger partial charge on any atom is -0.462 e. The number of hydrogen-bond donors (Lipinski definition) is 2. The van der Waals surface area contributed by atoms with Crippen LogP contribution >= 0.6 is 0 Å². The third-order valence-electron chi connectivity index (χ3n) is 10.3. The Kier molecular flexibility index (Phi) is 10.3. The maximum absolute atomic E-state index is 14.2. The smallest absolute Gasteiger partial charge is 0.316 e. The van der Waals surface area contributed by atoms with E-state index in [0.29, 0.717) is 37.2 Å². The van der Waals surface area contributed by atoms with Gasteiger partial charge in [-0.25, -0.2) is 0 Å². The molecule has 0 aromatic carbocycles. The van der Waals surface area contributed by atoms with Gasteiger partial charge in [0.1, 0.15) is 29.8 Å². The van der Waals surface area contributed by atoms with Crippen molar-refractivity contribution in [1.82, 2.24) is 0 Å². The molecule has 45 heavy (non-hydrogen) atoms. The largest absolute Gasteiger partial charge is 0.462 e. The van der Waals surface area contributed by atoms with Crippen molar-refractivity contribution in [2.24, 2.45) is 23.7 Å². The first-order chi connectivity index (χ1) is 21.3. The molecule has 1 aliphatic carbocycles. The molecule has 5 unspecified atom stereocenters. The van der Waals surface area contributed by atoms with Crippen LogP contribution in [0.4, 0.5) is 0 Å². The van der Waals surface area contributed by atoms with Crippen molar-refractivity contribution in [3.63, 3.8) is 0 Å². The summed E-state index contributed by atoms with van der Waals surface area (Å²) in [5.41, 5.74) is 2.14. The molecule has 8 nitrogen and oxygen atoms in total. The summed E-state index contributed by atoms with van der Waals surface area (Å²) in [5.74, 6) is -2.11. The average Bonchev–Trinajstić information content (AvgIpc) is 3.29. The van der Waals surface area contributed by atoms with Gasteiger partial charge in [0.15, 0.2) is 5.79 Å². The zero-order chi connectivity index (χ0) is 32.7. The van der Waals surface area contributed by atoms with Gasteiger partial charge >= 0.3 is 5.97 Å². The standard InChI is InChI=1S/C37H54O8/c1-21(2)14-24(5)32-26(7)31(38)19-36(45-32)18-29-17-28(44-36)13-12-23(4)15-22(3)10-9-11-27-20-42-34-33(41-8)25(6)16-30(35(39)43-29)37(27,34)40/h9-12,14,16,21-22,26,28-34,38,40H,13,15,17-20H2,1-8H3/b10-9+,23-12-,24-14+,27-11-/t22-,26-,28?,29?,30?,31-,32+,33+,34?,36?,37+/m0/s1. The number of hydrogen-bond acceptors (Lipinski definition) is 8. The molecule has 250 valence electrons. The number of aliphatic hydroxyl groups is 2. The molecule has 0 saturated carbocycles. The van der Waals surface area contributed by atoms with Gasteiger partial charge < -0.3 is 33.9 Å². The molecule has 8 heteroatoms. The van der Waals surface area contributed by atoms with E-state index >= 15 is 0 Å². The number of rotatable bonds is 3. The van der Waals surface area contributed by atoms with Crippen LogP contribution in [0, 0.1) is 23.7 Å². The van der Waals surface area contributed by atoms with Crippen molar-refractivity contribution < 1.29 is 38.7 Å². The highest BCUT2D eigenvalue weighted by atomic mass is 16.7. The predicted octanol–water partition coefficient (Wildman–Crippen LogP) is 5.74. The summed E-state index contributed by atoms with van der Waals surface area (Å²) in [6.07, 6.45) is 11.7. The maximum atomic E-state index is 14.2. The van der Waals surface area contributed by atoms with E-state index in [2.05, 4.69) is 45.9 Å². The van der Waals surface area contributed by atoms with Crippen molar-refractivity contribution in [3.05, 3.63) is 58.7 Å². The predicted molar refractivity (Wildman–Crippen MR) is 172 cm³/mol. The summed E-state index contributed by atoms with van der Waals surface area (Å²) in [4.78, 5) is 14.2. The van der Waals surface area contributed by atoms with E-state index in [4.69, 9.17) is 23.7 Å². The number of esters is 1. The molecule has 0 aromatic heterocycles. The lowest BCUT2D eigenvalue weighted by Crippen LogP contribution is -2.59. The monoisotopic (exact) mass is 626 g/mol. The minimum atomic E-state index is -1.61. The first kappa shape index (κ1) is 34.3. The van der Waals surface area contributed by atoms with Gasteiger partial charge in [0.25, 0.3) is 0 Å². The zero-order valence-corrected chi connectivity index (χ0v) is 28.3. The number of allylic oxidation sites excluding steroid dienone is 5. The number of carbonyl (C=O) groups is 1. The Morgan fingerprint density at radius 1 is 1.16 bits per heavy atom. The molecule has 3 fully saturated rings. The lowest BCUT2D eigenvalue weighted by atomic mass is 9.70. The molecule has 0 radical (unpaired) electrons. The van der Waals surface area contributed by atoms with E-state index in [1.807, 2.05) is 32.9 Å². The van der Waals surface area contributed by atoms with Crippen LogP contribution in [0.1, 0.15) is 80.6 Å². The molecule has 4 aliphatic heterocycles. The second-order valence-corrected chi connectivity index (χ2v) is 14.6. The van der Waals surface area contributed by atoms with Gasteiger partial charge in [0, 0.05) is 32.3 Å². The van der Waals surface area contributed by atoms with Crippen LogP contribution in [0.2, 0.25) is 0 Å². The third-order valence-corrected chi connectivity index (χ3v) is 10.3. The van der Waals surface area contributed by atoms with Crippen molar-refractivity contribution in [3.8, 4) is 0 Å². The van der Waals surface area contributed by atoms with Crippen molar-refractivity contribution in [1.29, 1.82) is 0 Å². The second-order valence-electron chi connectivity index (χ2n) is 14.6. The van der Waals surface area contributed by atoms with Gasteiger partial charge in [0.05, 0.1) is 24.9 Å². The van der Waals surface area contributed by atoms with Crippen LogP contribution in [-0.4, -0.2) is 77.9 Å². The Morgan fingerprint density at radius 3 is 2.62 bits per heavy atom. The van der Waals surface area contributed by atoms with E-state index in [1.54, 1.807) is 13.2 Å². The highest BCUT2D eigenvalue weighted by molar-refractivity contribution is 5.78. The SMILES string of the molecule is CO[C@@H]1C(C)=CC2C(=O)OC3CC(C/C=C(/C)C[C@@H](C)/C=C/C=C4/COC1[C@@]42O)OC1(C3)C[C@H](O)[C@H](C)[C@@H](/C(C)=C/C(C)C)O1.